The Bertz CT molecular complexity index is 942. The second-order valence-corrected chi connectivity index (χ2v) is 9.56. The van der Waals surface area contributed by atoms with Crippen molar-refractivity contribution < 1.29 is 23.8 Å². The summed E-state index contributed by atoms with van der Waals surface area (Å²) in [4.78, 5) is 27.6. The number of rotatable bonds is 10. The summed E-state index contributed by atoms with van der Waals surface area (Å²) in [5.74, 6) is 0.967. The molecule has 180 valence electrons. The number of likely N-dealkylation sites (tertiary alicyclic amines) is 1. The third-order valence-corrected chi connectivity index (χ3v) is 7.46. The van der Waals surface area contributed by atoms with Gasteiger partial charge in [-0.3, -0.25) is 14.5 Å². The quantitative estimate of drug-likeness (QED) is 0.402. The number of hydrogen-bond donors (Lipinski definition) is 1. The molecule has 2 fully saturated rings. The Morgan fingerprint density at radius 3 is 2.61 bits per heavy atom. The van der Waals surface area contributed by atoms with Gasteiger partial charge in [-0.1, -0.05) is 38.3 Å². The number of ether oxygens (including phenoxy) is 1. The van der Waals surface area contributed by atoms with E-state index in [1.165, 1.54) is 21.6 Å². The Morgan fingerprint density at radius 2 is 1.94 bits per heavy atom. The van der Waals surface area contributed by atoms with Crippen molar-refractivity contribution in [2.45, 2.75) is 78.4 Å². The summed E-state index contributed by atoms with van der Waals surface area (Å²) in [6, 6.07) is 3.70. The first-order valence-corrected chi connectivity index (χ1v) is 12.6. The zero-order valence-electron chi connectivity index (χ0n) is 20.1. The molecule has 4 rings (SSSR count). The molecule has 0 saturated carbocycles. The number of allylic oxidation sites excluding steroid dienone is 2. The molecule has 2 amide bonds. The van der Waals surface area contributed by atoms with Gasteiger partial charge in [-0.2, -0.15) is 0 Å². The molecule has 1 N–H and O–H groups in total. The van der Waals surface area contributed by atoms with E-state index in [0.717, 1.165) is 44.3 Å². The van der Waals surface area contributed by atoms with Gasteiger partial charge in [0.05, 0.1) is 24.5 Å². The molecule has 0 aromatic carbocycles. The minimum Gasteiger partial charge on any atom is -0.459 e. The molecule has 0 radical (unpaired) electrons. The fourth-order valence-electron chi connectivity index (χ4n) is 5.99. The van der Waals surface area contributed by atoms with Gasteiger partial charge in [-0.25, -0.2) is 0 Å². The SMILES string of the molecule is CCC/C(=C\c1ccc(CO)o1)CC[C@H]1OC[C@H]2C1=C(CC)C[C@H]1C(=O)N(CCC)C(=O)[C@H]12. The highest BCUT2D eigenvalue weighted by Crippen LogP contribution is 2.50. The monoisotopic (exact) mass is 455 g/mol. The standard InChI is InChI=1S/C27H37NO5/c1-4-7-17(13-19-9-10-20(15-29)33-19)8-11-23-24-18(6-3)14-21-25(22(24)16-32-23)27(31)28(12-5-2)26(21)30/h9-10,13,21-23,25,29H,4-8,11-12,14-16H2,1-3H3/b17-13+/t21-,22+,23-,25-/m1/s1. The molecule has 0 bridgehead atoms. The molecule has 2 saturated heterocycles. The van der Waals surface area contributed by atoms with Crippen LogP contribution < -0.4 is 0 Å². The number of carbonyl (C=O) groups excluding carboxylic acids is 2. The Hall–Kier alpha value is -2.18. The third kappa shape index (κ3) is 4.60. The molecule has 33 heavy (non-hydrogen) atoms. The van der Waals surface area contributed by atoms with Crippen molar-refractivity contribution in [3.63, 3.8) is 0 Å². The van der Waals surface area contributed by atoms with Gasteiger partial charge in [-0.05, 0) is 62.3 Å². The van der Waals surface area contributed by atoms with Crippen LogP contribution >= 0.6 is 0 Å². The Balaban J connectivity index is 1.51. The van der Waals surface area contributed by atoms with Crippen molar-refractivity contribution >= 4 is 17.9 Å². The van der Waals surface area contributed by atoms with E-state index in [1.54, 1.807) is 6.07 Å². The first-order chi connectivity index (χ1) is 16.0. The zero-order valence-corrected chi connectivity index (χ0v) is 20.1. The molecule has 0 spiro atoms. The van der Waals surface area contributed by atoms with Crippen molar-refractivity contribution in [2.24, 2.45) is 17.8 Å². The van der Waals surface area contributed by atoms with Crippen LogP contribution in [0, 0.1) is 17.8 Å². The van der Waals surface area contributed by atoms with Gasteiger partial charge in [-0.15, -0.1) is 0 Å². The van der Waals surface area contributed by atoms with E-state index in [0.29, 0.717) is 25.3 Å². The van der Waals surface area contributed by atoms with E-state index >= 15 is 0 Å². The van der Waals surface area contributed by atoms with Crippen LogP contribution in [0.25, 0.3) is 6.08 Å². The Labute approximate surface area is 196 Å². The molecule has 6 heteroatoms. The predicted octanol–water partition coefficient (Wildman–Crippen LogP) is 4.87. The van der Waals surface area contributed by atoms with Crippen LogP contribution in [0.3, 0.4) is 0 Å². The lowest BCUT2D eigenvalue weighted by molar-refractivity contribution is -0.140. The molecule has 4 atom stereocenters. The summed E-state index contributed by atoms with van der Waals surface area (Å²) in [6.07, 6.45) is 8.28. The second-order valence-electron chi connectivity index (χ2n) is 9.56. The summed E-state index contributed by atoms with van der Waals surface area (Å²) in [7, 11) is 0. The predicted molar refractivity (Wildman–Crippen MR) is 126 cm³/mol. The number of hydrogen-bond acceptors (Lipinski definition) is 5. The maximum Gasteiger partial charge on any atom is 0.233 e. The zero-order chi connectivity index (χ0) is 23.5. The van der Waals surface area contributed by atoms with Crippen molar-refractivity contribution in [1.29, 1.82) is 0 Å². The summed E-state index contributed by atoms with van der Waals surface area (Å²) >= 11 is 0. The number of aliphatic hydroxyl groups is 1. The number of furan rings is 1. The van der Waals surface area contributed by atoms with Crippen LogP contribution in [0.15, 0.2) is 33.3 Å². The molecule has 1 aromatic heterocycles. The van der Waals surface area contributed by atoms with Gasteiger partial charge in [0.25, 0.3) is 0 Å². The van der Waals surface area contributed by atoms with Crippen LogP contribution in [-0.2, 0) is 20.9 Å². The number of carbonyl (C=O) groups is 2. The first-order valence-electron chi connectivity index (χ1n) is 12.6. The molecule has 3 heterocycles. The number of nitrogens with zero attached hydrogens (tertiary/aromatic N) is 1. The third-order valence-electron chi connectivity index (χ3n) is 7.46. The second kappa shape index (κ2) is 10.4. The Morgan fingerprint density at radius 1 is 1.12 bits per heavy atom. The number of imide groups is 1. The minimum atomic E-state index is -0.245. The van der Waals surface area contributed by atoms with E-state index in [-0.39, 0.29) is 42.3 Å². The van der Waals surface area contributed by atoms with Crippen LogP contribution in [0.5, 0.6) is 0 Å². The summed E-state index contributed by atoms with van der Waals surface area (Å²) in [6.45, 7) is 7.29. The fourth-order valence-corrected chi connectivity index (χ4v) is 5.99. The first kappa shape index (κ1) is 24.0. The van der Waals surface area contributed by atoms with Gasteiger partial charge in [0.15, 0.2) is 0 Å². The highest BCUT2D eigenvalue weighted by molar-refractivity contribution is 6.05. The minimum absolute atomic E-state index is 0.0119. The van der Waals surface area contributed by atoms with Crippen LogP contribution in [-0.4, -0.2) is 41.1 Å². The molecule has 0 unspecified atom stereocenters. The van der Waals surface area contributed by atoms with Crippen molar-refractivity contribution in [3.8, 4) is 0 Å². The van der Waals surface area contributed by atoms with Crippen LogP contribution in [0.4, 0.5) is 0 Å². The highest BCUT2D eigenvalue weighted by Gasteiger charge is 2.56. The topological polar surface area (TPSA) is 80.0 Å². The van der Waals surface area contributed by atoms with E-state index in [2.05, 4.69) is 19.9 Å². The number of aliphatic hydroxyl groups excluding tert-OH is 1. The van der Waals surface area contributed by atoms with Crippen molar-refractivity contribution in [1.82, 2.24) is 4.90 Å². The van der Waals surface area contributed by atoms with E-state index in [1.807, 2.05) is 13.0 Å². The molecule has 2 aliphatic heterocycles. The molecular formula is C27H37NO5. The molecule has 6 nitrogen and oxygen atoms in total. The van der Waals surface area contributed by atoms with Gasteiger partial charge in [0.2, 0.25) is 11.8 Å². The molecular weight excluding hydrogens is 418 g/mol. The smallest absolute Gasteiger partial charge is 0.233 e. The number of amides is 2. The summed E-state index contributed by atoms with van der Waals surface area (Å²) in [5.41, 5.74) is 3.93. The van der Waals surface area contributed by atoms with Gasteiger partial charge in [0, 0.05) is 12.5 Å². The lowest BCUT2D eigenvalue weighted by atomic mass is 9.69. The summed E-state index contributed by atoms with van der Waals surface area (Å²) in [5, 5.41) is 9.26. The van der Waals surface area contributed by atoms with Crippen molar-refractivity contribution in [3.05, 3.63) is 40.4 Å². The largest absolute Gasteiger partial charge is 0.459 e. The lowest BCUT2D eigenvalue weighted by Crippen LogP contribution is -2.34. The number of fused-ring (bicyclic) bond motifs is 3. The average molecular weight is 456 g/mol. The van der Waals surface area contributed by atoms with Gasteiger partial charge in [0.1, 0.15) is 18.1 Å². The molecule has 3 aliphatic rings. The lowest BCUT2D eigenvalue weighted by Gasteiger charge is -2.31. The summed E-state index contributed by atoms with van der Waals surface area (Å²) < 4.78 is 12.0. The van der Waals surface area contributed by atoms with E-state index < -0.39 is 0 Å². The normalized spacial score (nSPS) is 27.5. The fraction of sp³-hybridized carbons (Fsp3) is 0.630. The van der Waals surface area contributed by atoms with Gasteiger partial charge < -0.3 is 14.3 Å². The Kier molecular flexibility index (Phi) is 7.55. The maximum atomic E-state index is 13.2. The highest BCUT2D eigenvalue weighted by atomic mass is 16.5. The maximum absolute atomic E-state index is 13.2. The average Bonchev–Trinajstić information content (AvgIpc) is 3.51. The van der Waals surface area contributed by atoms with Crippen LogP contribution in [0.2, 0.25) is 0 Å². The van der Waals surface area contributed by atoms with Gasteiger partial charge >= 0.3 is 0 Å². The van der Waals surface area contributed by atoms with E-state index in [4.69, 9.17) is 9.15 Å². The van der Waals surface area contributed by atoms with Crippen molar-refractivity contribution in [2.75, 3.05) is 13.2 Å². The van der Waals surface area contributed by atoms with Crippen LogP contribution in [0.1, 0.15) is 77.2 Å². The molecule has 1 aromatic rings. The molecule has 1 aliphatic carbocycles. The van der Waals surface area contributed by atoms with E-state index in [9.17, 15) is 14.7 Å².